The van der Waals surface area contributed by atoms with E-state index >= 15 is 0 Å². The third-order valence-electron chi connectivity index (χ3n) is 3.62. The maximum atomic E-state index is 12.5. The van der Waals surface area contributed by atoms with E-state index in [9.17, 15) is 14.9 Å². The molecule has 2 amide bonds. The largest absolute Gasteiger partial charge is 0.321 e. The maximum absolute atomic E-state index is 12.5. The van der Waals surface area contributed by atoms with Gasteiger partial charge in [0.25, 0.3) is 11.8 Å². The first kappa shape index (κ1) is 15.8. The first-order valence-electron chi connectivity index (χ1n) is 7.13. The van der Waals surface area contributed by atoms with E-state index in [1.54, 1.807) is 30.3 Å². The standard InChI is InChI=1S/C18H12ClN3O2/c1-10-2-5-12(6-3-10)21-17(23)14(9-20)16-13-8-11(19)4-7-15(13)22-18(16)24/h2-8H,1H3,(H,21,23)(H,22,24)/b16-14-. The molecule has 2 aromatic rings. The Hall–Kier alpha value is -3.10. The van der Waals surface area contributed by atoms with Crippen molar-refractivity contribution in [2.45, 2.75) is 6.92 Å². The number of aryl methyl sites for hydroxylation is 1. The van der Waals surface area contributed by atoms with E-state index in [0.717, 1.165) is 5.56 Å². The van der Waals surface area contributed by atoms with Gasteiger partial charge in [0.05, 0.1) is 5.57 Å². The Bertz CT molecular complexity index is 924. The number of hydrogen-bond acceptors (Lipinski definition) is 3. The second-order valence-corrected chi connectivity index (χ2v) is 5.76. The van der Waals surface area contributed by atoms with E-state index in [-0.39, 0.29) is 11.1 Å². The first-order valence-corrected chi connectivity index (χ1v) is 7.51. The molecule has 0 unspecified atom stereocenters. The van der Waals surface area contributed by atoms with Crippen LogP contribution in [-0.4, -0.2) is 11.8 Å². The van der Waals surface area contributed by atoms with E-state index in [0.29, 0.717) is 22.0 Å². The number of carbonyl (C=O) groups excluding carboxylic acids is 2. The highest BCUT2D eigenvalue weighted by Crippen LogP contribution is 2.35. The van der Waals surface area contributed by atoms with Crippen molar-refractivity contribution in [3.05, 3.63) is 64.2 Å². The molecule has 0 radical (unpaired) electrons. The molecule has 1 aliphatic rings. The highest BCUT2D eigenvalue weighted by Gasteiger charge is 2.30. The lowest BCUT2D eigenvalue weighted by Crippen LogP contribution is -2.17. The van der Waals surface area contributed by atoms with Crippen LogP contribution in [0.1, 0.15) is 11.1 Å². The molecular weight excluding hydrogens is 326 g/mol. The summed E-state index contributed by atoms with van der Waals surface area (Å²) in [6.45, 7) is 1.93. The van der Waals surface area contributed by atoms with Gasteiger partial charge in [-0.05, 0) is 37.3 Å². The van der Waals surface area contributed by atoms with Gasteiger partial charge >= 0.3 is 0 Å². The monoisotopic (exact) mass is 337 g/mol. The minimum Gasteiger partial charge on any atom is -0.321 e. The number of nitriles is 1. The van der Waals surface area contributed by atoms with Gasteiger partial charge in [0.15, 0.2) is 0 Å². The third kappa shape index (κ3) is 2.87. The minimum absolute atomic E-state index is 0.0274. The zero-order chi connectivity index (χ0) is 17.3. The average molecular weight is 338 g/mol. The average Bonchev–Trinajstić information content (AvgIpc) is 2.86. The molecule has 0 saturated heterocycles. The maximum Gasteiger partial charge on any atom is 0.267 e. The molecule has 6 heteroatoms. The minimum atomic E-state index is -0.640. The lowest BCUT2D eigenvalue weighted by Gasteiger charge is -2.06. The number of rotatable bonds is 2. The molecule has 0 atom stereocenters. The van der Waals surface area contributed by atoms with Gasteiger partial charge in [-0.2, -0.15) is 5.26 Å². The van der Waals surface area contributed by atoms with Gasteiger partial charge in [-0.25, -0.2) is 0 Å². The number of nitrogens with zero attached hydrogens (tertiary/aromatic N) is 1. The number of carbonyl (C=O) groups is 2. The van der Waals surface area contributed by atoms with E-state index in [4.69, 9.17) is 11.6 Å². The summed E-state index contributed by atoms with van der Waals surface area (Å²) in [5, 5.41) is 15.1. The fourth-order valence-electron chi connectivity index (χ4n) is 2.44. The predicted octanol–water partition coefficient (Wildman–Crippen LogP) is 3.52. The molecule has 0 saturated carbocycles. The lowest BCUT2D eigenvalue weighted by molar-refractivity contribution is -0.113. The van der Waals surface area contributed by atoms with Crippen LogP contribution in [0.15, 0.2) is 48.0 Å². The van der Waals surface area contributed by atoms with E-state index in [1.165, 1.54) is 0 Å². The fourth-order valence-corrected chi connectivity index (χ4v) is 2.61. The van der Waals surface area contributed by atoms with Crippen molar-refractivity contribution < 1.29 is 9.59 Å². The predicted molar refractivity (Wildman–Crippen MR) is 92.4 cm³/mol. The van der Waals surface area contributed by atoms with Crippen LogP contribution in [0.3, 0.4) is 0 Å². The zero-order valence-electron chi connectivity index (χ0n) is 12.7. The molecule has 5 nitrogen and oxygen atoms in total. The van der Waals surface area contributed by atoms with Crippen molar-refractivity contribution in [1.82, 2.24) is 0 Å². The number of benzene rings is 2. The Balaban J connectivity index is 2.02. The highest BCUT2D eigenvalue weighted by molar-refractivity contribution is 6.38. The Kier molecular flexibility index (Phi) is 4.07. The summed E-state index contributed by atoms with van der Waals surface area (Å²) in [4.78, 5) is 24.7. The summed E-state index contributed by atoms with van der Waals surface area (Å²) in [7, 11) is 0. The van der Waals surface area contributed by atoms with Crippen molar-refractivity contribution in [3.8, 4) is 6.07 Å². The van der Waals surface area contributed by atoms with Crippen LogP contribution in [0.5, 0.6) is 0 Å². The Morgan fingerprint density at radius 3 is 2.58 bits per heavy atom. The van der Waals surface area contributed by atoms with Crippen LogP contribution in [0.4, 0.5) is 11.4 Å². The van der Waals surface area contributed by atoms with Crippen LogP contribution in [-0.2, 0) is 9.59 Å². The van der Waals surface area contributed by atoms with Crippen molar-refractivity contribution in [1.29, 1.82) is 5.26 Å². The molecule has 1 aliphatic heterocycles. The van der Waals surface area contributed by atoms with E-state index < -0.39 is 11.8 Å². The molecule has 118 valence electrons. The number of nitrogens with one attached hydrogen (secondary N) is 2. The molecule has 3 rings (SSSR count). The van der Waals surface area contributed by atoms with E-state index in [2.05, 4.69) is 10.6 Å². The number of fused-ring (bicyclic) bond motifs is 1. The van der Waals surface area contributed by atoms with E-state index in [1.807, 2.05) is 25.1 Å². The van der Waals surface area contributed by atoms with Crippen LogP contribution in [0, 0.1) is 18.3 Å². The number of hydrogen-bond donors (Lipinski definition) is 2. The van der Waals surface area contributed by atoms with Crippen molar-refractivity contribution >= 4 is 40.4 Å². The Morgan fingerprint density at radius 1 is 1.21 bits per heavy atom. The van der Waals surface area contributed by atoms with Crippen molar-refractivity contribution in [2.75, 3.05) is 10.6 Å². The third-order valence-corrected chi connectivity index (χ3v) is 3.86. The van der Waals surface area contributed by atoms with Gasteiger partial charge in [-0.1, -0.05) is 29.3 Å². The normalized spacial score (nSPS) is 14.5. The molecule has 0 fully saturated rings. The summed E-state index contributed by atoms with van der Waals surface area (Å²) in [6, 6.07) is 13.8. The van der Waals surface area contributed by atoms with Gasteiger partial charge < -0.3 is 10.6 Å². The summed E-state index contributed by atoms with van der Waals surface area (Å²) in [5.41, 5.74) is 2.33. The molecule has 0 bridgehead atoms. The van der Waals surface area contributed by atoms with Crippen LogP contribution >= 0.6 is 11.6 Å². The number of anilines is 2. The quantitative estimate of drug-likeness (QED) is 0.649. The smallest absolute Gasteiger partial charge is 0.267 e. The highest BCUT2D eigenvalue weighted by atomic mass is 35.5. The van der Waals surface area contributed by atoms with Crippen LogP contribution < -0.4 is 10.6 Å². The van der Waals surface area contributed by atoms with Crippen LogP contribution in [0.25, 0.3) is 5.57 Å². The summed E-state index contributed by atoms with van der Waals surface area (Å²) in [6.07, 6.45) is 0. The Labute approximate surface area is 143 Å². The second-order valence-electron chi connectivity index (χ2n) is 5.33. The van der Waals surface area contributed by atoms with Gasteiger partial charge in [0, 0.05) is 22.0 Å². The summed E-state index contributed by atoms with van der Waals surface area (Å²) < 4.78 is 0. The van der Waals surface area contributed by atoms with Crippen molar-refractivity contribution in [2.24, 2.45) is 0 Å². The zero-order valence-corrected chi connectivity index (χ0v) is 13.4. The van der Waals surface area contributed by atoms with Crippen molar-refractivity contribution in [3.63, 3.8) is 0 Å². The second kappa shape index (κ2) is 6.19. The molecule has 0 aromatic heterocycles. The van der Waals surface area contributed by atoms with Gasteiger partial charge in [-0.15, -0.1) is 0 Å². The summed E-state index contributed by atoms with van der Waals surface area (Å²) >= 11 is 5.96. The van der Waals surface area contributed by atoms with Gasteiger partial charge in [0.2, 0.25) is 0 Å². The molecule has 0 spiro atoms. The molecule has 1 heterocycles. The topological polar surface area (TPSA) is 82.0 Å². The molecular formula is C18H12ClN3O2. The molecule has 2 aromatic carbocycles. The van der Waals surface area contributed by atoms with Crippen LogP contribution in [0.2, 0.25) is 5.02 Å². The SMILES string of the molecule is Cc1ccc(NC(=O)/C(C#N)=C2\C(=O)Nc3ccc(Cl)cc32)cc1. The Morgan fingerprint density at radius 2 is 1.92 bits per heavy atom. The molecule has 0 aliphatic carbocycles. The number of amides is 2. The fraction of sp³-hybridized carbons (Fsp3) is 0.0556. The molecule has 2 N–H and O–H groups in total. The lowest BCUT2D eigenvalue weighted by atomic mass is 10.0. The summed E-state index contributed by atoms with van der Waals surface area (Å²) in [5.74, 6) is -1.14. The number of halogens is 1. The van der Waals surface area contributed by atoms with Gasteiger partial charge in [0.1, 0.15) is 11.6 Å². The first-order chi connectivity index (χ1) is 11.5. The molecule has 24 heavy (non-hydrogen) atoms. The van der Waals surface area contributed by atoms with Gasteiger partial charge in [-0.3, -0.25) is 9.59 Å².